The molecule has 2 aromatic carbocycles. The summed E-state index contributed by atoms with van der Waals surface area (Å²) >= 11 is 0. The van der Waals surface area contributed by atoms with Crippen molar-refractivity contribution in [1.82, 2.24) is 19.3 Å². The fourth-order valence-electron chi connectivity index (χ4n) is 3.33. The van der Waals surface area contributed by atoms with E-state index in [4.69, 9.17) is 4.52 Å². The summed E-state index contributed by atoms with van der Waals surface area (Å²) in [6, 6.07) is 15.9. The molecule has 138 valence electrons. The van der Waals surface area contributed by atoms with E-state index in [2.05, 4.69) is 36.1 Å². The Morgan fingerprint density at radius 1 is 0.963 bits per heavy atom. The molecule has 0 aliphatic rings. The Bertz CT molecular complexity index is 1120. The summed E-state index contributed by atoms with van der Waals surface area (Å²) in [6.07, 6.45) is 1.88. The van der Waals surface area contributed by atoms with Crippen molar-refractivity contribution in [2.45, 2.75) is 39.8 Å². The van der Waals surface area contributed by atoms with Gasteiger partial charge in [-0.3, -0.25) is 9.13 Å². The van der Waals surface area contributed by atoms with E-state index in [0.717, 1.165) is 29.4 Å². The van der Waals surface area contributed by atoms with Crippen LogP contribution in [0.15, 0.2) is 57.8 Å². The Balaban J connectivity index is 1.68. The molecule has 2 aromatic heterocycles. The van der Waals surface area contributed by atoms with E-state index in [0.29, 0.717) is 18.3 Å². The second-order valence-electron chi connectivity index (χ2n) is 6.57. The number of aryl methyl sites for hydroxylation is 2. The van der Waals surface area contributed by atoms with E-state index < -0.39 is 0 Å². The highest BCUT2D eigenvalue weighted by atomic mass is 16.5. The molecule has 2 heterocycles. The Kier molecular flexibility index (Phi) is 4.62. The van der Waals surface area contributed by atoms with E-state index >= 15 is 0 Å². The minimum atomic E-state index is -0.0508. The largest absolute Gasteiger partial charge is 0.337 e. The van der Waals surface area contributed by atoms with Crippen molar-refractivity contribution in [3.05, 3.63) is 70.5 Å². The second kappa shape index (κ2) is 7.23. The highest BCUT2D eigenvalue weighted by Crippen LogP contribution is 2.19. The molecule has 4 rings (SSSR count). The van der Waals surface area contributed by atoms with Gasteiger partial charge < -0.3 is 4.52 Å². The molecule has 27 heavy (non-hydrogen) atoms. The lowest BCUT2D eigenvalue weighted by Gasteiger charge is -1.98. The summed E-state index contributed by atoms with van der Waals surface area (Å²) in [5.74, 6) is 0.962. The molecule has 0 atom stereocenters. The molecular weight excluding hydrogens is 340 g/mol. The number of para-hydroxylation sites is 2. The molecule has 0 aliphatic heterocycles. The molecular formula is C21H22N4O2. The van der Waals surface area contributed by atoms with Gasteiger partial charge in [-0.15, -0.1) is 0 Å². The lowest BCUT2D eigenvalue weighted by molar-refractivity contribution is 0.370. The van der Waals surface area contributed by atoms with Gasteiger partial charge in [-0.25, -0.2) is 4.79 Å². The molecule has 0 saturated carbocycles. The van der Waals surface area contributed by atoms with E-state index in [-0.39, 0.29) is 12.2 Å². The van der Waals surface area contributed by atoms with Crippen molar-refractivity contribution in [2.75, 3.05) is 0 Å². The van der Waals surface area contributed by atoms with E-state index in [9.17, 15) is 4.79 Å². The van der Waals surface area contributed by atoms with Crippen molar-refractivity contribution >= 4 is 11.0 Å². The molecule has 0 bridgehead atoms. The van der Waals surface area contributed by atoms with Crippen LogP contribution < -0.4 is 5.69 Å². The number of benzene rings is 2. The maximum absolute atomic E-state index is 12.9. The van der Waals surface area contributed by atoms with Crippen molar-refractivity contribution in [1.29, 1.82) is 0 Å². The number of fused-ring (bicyclic) bond motifs is 1. The van der Waals surface area contributed by atoms with E-state index in [1.807, 2.05) is 36.4 Å². The second-order valence-corrected chi connectivity index (χ2v) is 6.57. The van der Waals surface area contributed by atoms with Crippen molar-refractivity contribution in [3.63, 3.8) is 0 Å². The molecule has 6 nitrogen and oxygen atoms in total. The number of aromatic nitrogens is 4. The van der Waals surface area contributed by atoms with Gasteiger partial charge in [0.05, 0.1) is 11.0 Å². The predicted octanol–water partition coefficient (Wildman–Crippen LogP) is 3.87. The molecule has 0 fully saturated rings. The standard InChI is InChI=1S/C21H22N4O2/c1-3-13-24-17-7-5-6-8-18(17)25(21(24)26)14-19-22-20(23-27-19)16-11-9-15(4-2)10-12-16/h5-12H,3-4,13-14H2,1-2H3. The van der Waals surface area contributed by atoms with Gasteiger partial charge in [0.2, 0.25) is 11.7 Å². The van der Waals surface area contributed by atoms with Crippen LogP contribution in [0.1, 0.15) is 31.7 Å². The number of hydrogen-bond donors (Lipinski definition) is 0. The van der Waals surface area contributed by atoms with Gasteiger partial charge in [-0.2, -0.15) is 4.98 Å². The minimum Gasteiger partial charge on any atom is -0.337 e. The topological polar surface area (TPSA) is 65.8 Å². The first-order valence-corrected chi connectivity index (χ1v) is 9.31. The predicted molar refractivity (Wildman–Crippen MR) is 105 cm³/mol. The van der Waals surface area contributed by atoms with Crippen LogP contribution in [-0.4, -0.2) is 19.3 Å². The van der Waals surface area contributed by atoms with Gasteiger partial charge in [-0.05, 0) is 30.5 Å². The Morgan fingerprint density at radius 3 is 2.33 bits per heavy atom. The van der Waals surface area contributed by atoms with Crippen molar-refractivity contribution < 1.29 is 4.52 Å². The zero-order valence-electron chi connectivity index (χ0n) is 15.6. The third kappa shape index (κ3) is 3.18. The van der Waals surface area contributed by atoms with Gasteiger partial charge in [0.25, 0.3) is 0 Å². The van der Waals surface area contributed by atoms with E-state index in [1.54, 1.807) is 9.13 Å². The third-order valence-electron chi connectivity index (χ3n) is 4.75. The summed E-state index contributed by atoms with van der Waals surface area (Å²) in [5, 5.41) is 4.08. The molecule has 0 amide bonds. The molecule has 0 unspecified atom stereocenters. The van der Waals surface area contributed by atoms with Gasteiger partial charge in [-0.1, -0.05) is 55.4 Å². The molecule has 6 heteroatoms. The van der Waals surface area contributed by atoms with Crippen LogP contribution in [-0.2, 0) is 19.5 Å². The normalized spacial score (nSPS) is 11.3. The summed E-state index contributed by atoms with van der Waals surface area (Å²) in [5.41, 5.74) is 3.92. The first-order valence-electron chi connectivity index (χ1n) is 9.31. The summed E-state index contributed by atoms with van der Waals surface area (Å²) in [4.78, 5) is 17.4. The lowest BCUT2D eigenvalue weighted by Crippen LogP contribution is -2.24. The van der Waals surface area contributed by atoms with Crippen LogP contribution in [0.4, 0.5) is 0 Å². The average Bonchev–Trinajstić information content (AvgIpc) is 3.28. The minimum absolute atomic E-state index is 0.0508. The van der Waals surface area contributed by atoms with Crippen molar-refractivity contribution in [3.8, 4) is 11.4 Å². The van der Waals surface area contributed by atoms with Gasteiger partial charge in [0.1, 0.15) is 6.54 Å². The number of nitrogens with zero attached hydrogens (tertiary/aromatic N) is 4. The van der Waals surface area contributed by atoms with Gasteiger partial charge in [0, 0.05) is 12.1 Å². The maximum atomic E-state index is 12.9. The first-order chi connectivity index (χ1) is 13.2. The molecule has 0 radical (unpaired) electrons. The fraction of sp³-hybridized carbons (Fsp3) is 0.286. The first kappa shape index (κ1) is 17.3. The Morgan fingerprint density at radius 2 is 1.67 bits per heavy atom. The maximum Gasteiger partial charge on any atom is 0.329 e. The highest BCUT2D eigenvalue weighted by molar-refractivity contribution is 5.76. The highest BCUT2D eigenvalue weighted by Gasteiger charge is 2.16. The average molecular weight is 362 g/mol. The Hall–Kier alpha value is -3.15. The number of hydrogen-bond acceptors (Lipinski definition) is 4. The smallest absolute Gasteiger partial charge is 0.329 e. The summed E-state index contributed by atoms with van der Waals surface area (Å²) < 4.78 is 8.92. The Labute approximate surface area is 157 Å². The van der Waals surface area contributed by atoms with Gasteiger partial charge in [0.15, 0.2) is 0 Å². The summed E-state index contributed by atoms with van der Waals surface area (Å²) in [7, 11) is 0. The van der Waals surface area contributed by atoms with Crippen LogP contribution in [0, 0.1) is 0 Å². The zero-order valence-corrected chi connectivity index (χ0v) is 15.6. The summed E-state index contributed by atoms with van der Waals surface area (Å²) in [6.45, 7) is 5.13. The number of rotatable bonds is 6. The van der Waals surface area contributed by atoms with Crippen LogP contribution in [0.5, 0.6) is 0 Å². The quantitative estimate of drug-likeness (QED) is 0.522. The van der Waals surface area contributed by atoms with Crippen LogP contribution >= 0.6 is 0 Å². The van der Waals surface area contributed by atoms with Gasteiger partial charge >= 0.3 is 5.69 Å². The van der Waals surface area contributed by atoms with Crippen LogP contribution in [0.3, 0.4) is 0 Å². The lowest BCUT2D eigenvalue weighted by atomic mass is 10.1. The molecule has 0 spiro atoms. The fourth-order valence-corrected chi connectivity index (χ4v) is 3.33. The molecule has 4 aromatic rings. The molecule has 0 saturated heterocycles. The number of imidazole rings is 1. The molecule has 0 aliphatic carbocycles. The SMILES string of the molecule is CCCn1c(=O)n(Cc2nc(-c3ccc(CC)cc3)no2)c2ccccc21. The van der Waals surface area contributed by atoms with Crippen molar-refractivity contribution in [2.24, 2.45) is 0 Å². The zero-order chi connectivity index (χ0) is 18.8. The third-order valence-corrected chi connectivity index (χ3v) is 4.75. The monoisotopic (exact) mass is 362 g/mol. The van der Waals surface area contributed by atoms with E-state index in [1.165, 1.54) is 5.56 Å². The van der Waals surface area contributed by atoms with Crippen LogP contribution in [0.2, 0.25) is 0 Å². The molecule has 0 N–H and O–H groups in total. The van der Waals surface area contributed by atoms with Crippen LogP contribution in [0.25, 0.3) is 22.4 Å².